The summed E-state index contributed by atoms with van der Waals surface area (Å²) in [6.45, 7) is 2.43. The number of imide groups is 1. The van der Waals surface area contributed by atoms with E-state index in [1.807, 2.05) is 36.4 Å². The van der Waals surface area contributed by atoms with E-state index in [0.717, 1.165) is 47.9 Å². The van der Waals surface area contributed by atoms with Crippen LogP contribution in [-0.4, -0.2) is 91.2 Å². The van der Waals surface area contributed by atoms with Gasteiger partial charge in [0.2, 0.25) is 21.9 Å². The van der Waals surface area contributed by atoms with Gasteiger partial charge in [-0.2, -0.15) is 18.2 Å². The maximum Gasteiger partial charge on any atom is 0.421 e. The number of hydrogen-bond acceptors (Lipinski definition) is 12. The molecule has 0 aliphatic carbocycles. The van der Waals surface area contributed by atoms with Gasteiger partial charge in [-0.3, -0.25) is 29.2 Å². The number of nitrogens with one attached hydrogen (secondary N) is 3. The molecule has 0 radical (unpaired) electrons. The summed E-state index contributed by atoms with van der Waals surface area (Å²) in [5, 5.41) is 7.99. The van der Waals surface area contributed by atoms with E-state index in [4.69, 9.17) is 0 Å². The van der Waals surface area contributed by atoms with E-state index in [1.165, 1.54) is 18.1 Å². The van der Waals surface area contributed by atoms with Crippen LogP contribution in [0.25, 0.3) is 0 Å². The molecule has 3 N–H and O–H groups in total. The Balaban J connectivity index is 1.04. The maximum atomic E-state index is 13.9. The lowest BCUT2D eigenvalue weighted by Crippen LogP contribution is -2.49. The zero-order valence-corrected chi connectivity index (χ0v) is 30.7. The smallest absolute Gasteiger partial charge is 0.371 e. The van der Waals surface area contributed by atoms with Crippen molar-refractivity contribution in [3.05, 3.63) is 83.9 Å². The summed E-state index contributed by atoms with van der Waals surface area (Å²) in [6.07, 6.45) is 2.12. The molecule has 2 saturated heterocycles. The minimum atomic E-state index is -4.74. The Hall–Kier alpha value is -5.56. The molecule has 54 heavy (non-hydrogen) atoms. The minimum Gasteiger partial charge on any atom is -0.371 e. The van der Waals surface area contributed by atoms with E-state index in [2.05, 4.69) is 52.7 Å². The van der Waals surface area contributed by atoms with E-state index in [-0.39, 0.29) is 30.6 Å². The molecule has 4 aromatic rings. The summed E-state index contributed by atoms with van der Waals surface area (Å²) in [5.74, 6) is -0.730. The third-order valence-electron chi connectivity index (χ3n) is 9.37. The zero-order chi connectivity index (χ0) is 38.6. The van der Waals surface area contributed by atoms with Crippen LogP contribution >= 0.6 is 0 Å². The van der Waals surface area contributed by atoms with E-state index < -0.39 is 33.6 Å². The predicted octanol–water partition coefficient (Wildman–Crippen LogP) is 4.58. The number of pyridine rings is 2. The Bertz CT molecular complexity index is 2080. The lowest BCUT2D eigenvalue weighted by atomic mass is 10.0. The number of hydrogen-bond donors (Lipinski definition) is 3. The van der Waals surface area contributed by atoms with Gasteiger partial charge in [-0.15, -0.1) is 0 Å². The van der Waals surface area contributed by atoms with Crippen LogP contribution in [0, 0.1) is 0 Å². The zero-order valence-electron chi connectivity index (χ0n) is 29.8. The second-order valence-corrected chi connectivity index (χ2v) is 15.1. The Morgan fingerprint density at radius 1 is 0.944 bits per heavy atom. The first-order chi connectivity index (χ1) is 25.7. The molecule has 5 heterocycles. The van der Waals surface area contributed by atoms with Gasteiger partial charge in [0.1, 0.15) is 17.2 Å². The molecule has 0 bridgehead atoms. The first-order valence-electron chi connectivity index (χ1n) is 17.1. The van der Waals surface area contributed by atoms with Crippen molar-refractivity contribution in [2.24, 2.45) is 0 Å². The Morgan fingerprint density at radius 2 is 1.67 bits per heavy atom. The average Bonchev–Trinajstić information content (AvgIpc) is 3.14. The third-order valence-corrected chi connectivity index (χ3v) is 10.5. The fourth-order valence-corrected chi connectivity index (χ4v) is 6.77. The van der Waals surface area contributed by atoms with Crippen molar-refractivity contribution in [1.82, 2.24) is 30.2 Å². The topological polar surface area (TPSA) is 169 Å². The SMILES string of the molecule is CN(Cc1ccc(N2CCC(=O)NC2=O)cn1)C1CCN(c2ccc(Nc3ncc(C(F)(F)F)c(NCc4cccnc4N(C)S(C)(=O)=O)n3)cc2)CC1. The van der Waals surface area contributed by atoms with Crippen molar-refractivity contribution in [2.45, 2.75) is 44.6 Å². The number of halogens is 3. The van der Waals surface area contributed by atoms with Gasteiger partial charge in [-0.1, -0.05) is 6.07 Å². The molecule has 2 fully saturated rings. The highest BCUT2D eigenvalue weighted by molar-refractivity contribution is 7.92. The first kappa shape index (κ1) is 38.2. The van der Waals surface area contributed by atoms with Gasteiger partial charge in [0.25, 0.3) is 0 Å². The Morgan fingerprint density at radius 3 is 2.31 bits per heavy atom. The lowest BCUT2D eigenvalue weighted by Gasteiger charge is -2.38. The molecule has 3 aromatic heterocycles. The van der Waals surface area contributed by atoms with Gasteiger partial charge < -0.3 is 15.5 Å². The summed E-state index contributed by atoms with van der Waals surface area (Å²) < 4.78 is 66.9. The van der Waals surface area contributed by atoms with E-state index in [9.17, 15) is 31.2 Å². The van der Waals surface area contributed by atoms with E-state index in [0.29, 0.717) is 42.3 Å². The summed E-state index contributed by atoms with van der Waals surface area (Å²) in [7, 11) is -0.281. The molecule has 2 aliphatic heterocycles. The lowest BCUT2D eigenvalue weighted by molar-refractivity contribution is -0.137. The number of amides is 3. The number of alkyl halides is 3. The number of carbonyl (C=O) groups is 2. The number of piperidine rings is 1. The number of rotatable bonds is 12. The first-order valence-corrected chi connectivity index (χ1v) is 18.9. The highest BCUT2D eigenvalue weighted by Gasteiger charge is 2.35. The van der Waals surface area contributed by atoms with Gasteiger partial charge in [0, 0.05) is 81.6 Å². The fourth-order valence-electron chi connectivity index (χ4n) is 6.29. The molecule has 0 atom stereocenters. The van der Waals surface area contributed by atoms with Crippen molar-refractivity contribution in [1.29, 1.82) is 0 Å². The van der Waals surface area contributed by atoms with Crippen molar-refractivity contribution in [3.8, 4) is 0 Å². The maximum absolute atomic E-state index is 13.9. The molecule has 0 unspecified atom stereocenters. The van der Waals surface area contributed by atoms with Crippen LogP contribution in [0.1, 0.15) is 36.1 Å². The van der Waals surface area contributed by atoms with Crippen molar-refractivity contribution in [2.75, 3.05) is 64.7 Å². The van der Waals surface area contributed by atoms with Crippen molar-refractivity contribution >= 4 is 56.6 Å². The molecule has 0 spiro atoms. The average molecular weight is 768 g/mol. The van der Waals surface area contributed by atoms with Crippen LogP contribution in [0.15, 0.2) is 67.1 Å². The molecule has 6 rings (SSSR count). The van der Waals surface area contributed by atoms with Gasteiger partial charge in [0.05, 0.1) is 23.8 Å². The molecule has 286 valence electrons. The second kappa shape index (κ2) is 15.8. The second-order valence-electron chi connectivity index (χ2n) is 13.1. The number of anilines is 6. The Kier molecular flexibility index (Phi) is 11.2. The van der Waals surface area contributed by atoms with E-state index in [1.54, 1.807) is 18.3 Å². The molecule has 1 aromatic carbocycles. The highest BCUT2D eigenvalue weighted by Crippen LogP contribution is 2.35. The normalized spacial score (nSPS) is 15.7. The quantitative estimate of drug-likeness (QED) is 0.184. The summed E-state index contributed by atoms with van der Waals surface area (Å²) in [6, 6.07) is 14.3. The van der Waals surface area contributed by atoms with Crippen LogP contribution < -0.4 is 30.1 Å². The summed E-state index contributed by atoms with van der Waals surface area (Å²) in [4.78, 5) is 46.3. The van der Waals surface area contributed by atoms with Crippen LogP contribution in [0.3, 0.4) is 0 Å². The number of carbonyl (C=O) groups excluding carboxylic acids is 2. The number of aromatic nitrogens is 4. The minimum absolute atomic E-state index is 0.0561. The molecular weight excluding hydrogens is 728 g/mol. The number of nitrogens with zero attached hydrogens (tertiary/aromatic N) is 8. The largest absolute Gasteiger partial charge is 0.421 e. The molecule has 3 amide bonds. The van der Waals surface area contributed by atoms with Crippen LogP contribution in [0.2, 0.25) is 0 Å². The fraction of sp³-hybridized carbons (Fsp3) is 0.371. The number of benzene rings is 1. The standard InChI is InChI=1S/C35H40F3N11O4S/c1-46(22-25-8-11-28(20-40-25)49-18-14-30(50)44-34(49)51)26-12-16-48(17-13-26)27-9-6-24(7-10-27)43-33-42-21-29(35(36,37)38)31(45-33)41-19-23-5-4-15-39-32(23)47(2)54(3,52)53/h4-11,15,20-21,26H,12-14,16-19,22H2,1-3H3,(H,44,50,51)(H2,41,42,43,45). The number of sulfonamides is 1. The monoisotopic (exact) mass is 767 g/mol. The molecule has 15 nitrogen and oxygen atoms in total. The third kappa shape index (κ3) is 9.14. The van der Waals surface area contributed by atoms with Gasteiger partial charge in [-0.25, -0.2) is 23.2 Å². The molecule has 19 heteroatoms. The van der Waals surface area contributed by atoms with Gasteiger partial charge in [0.15, 0.2) is 0 Å². The predicted molar refractivity (Wildman–Crippen MR) is 198 cm³/mol. The van der Waals surface area contributed by atoms with Crippen molar-refractivity contribution < 1.29 is 31.2 Å². The highest BCUT2D eigenvalue weighted by atomic mass is 32.2. The molecule has 0 saturated carbocycles. The summed E-state index contributed by atoms with van der Waals surface area (Å²) in [5.41, 5.74) is 2.38. The van der Waals surface area contributed by atoms with Crippen molar-refractivity contribution in [3.63, 3.8) is 0 Å². The Labute approximate surface area is 310 Å². The van der Waals surface area contributed by atoms with Crippen LogP contribution in [0.5, 0.6) is 0 Å². The number of urea groups is 1. The van der Waals surface area contributed by atoms with Crippen LogP contribution in [-0.2, 0) is 34.1 Å². The van der Waals surface area contributed by atoms with Gasteiger partial charge >= 0.3 is 12.2 Å². The summed E-state index contributed by atoms with van der Waals surface area (Å²) >= 11 is 0. The van der Waals surface area contributed by atoms with E-state index >= 15 is 0 Å². The van der Waals surface area contributed by atoms with Crippen LogP contribution in [0.4, 0.5) is 52.6 Å². The van der Waals surface area contributed by atoms with Gasteiger partial charge in [-0.05, 0) is 62.4 Å². The molecular formula is C35H40F3N11O4S. The molecule has 2 aliphatic rings.